The molecule has 1 aromatic heterocycles. The first-order valence-electron chi connectivity index (χ1n) is 10.7. The highest BCUT2D eigenvalue weighted by Gasteiger charge is 2.66. The van der Waals surface area contributed by atoms with E-state index in [4.69, 9.17) is 9.73 Å². The van der Waals surface area contributed by atoms with Gasteiger partial charge in [0.05, 0.1) is 6.10 Å². The molecule has 6 heteroatoms. The quantitative estimate of drug-likeness (QED) is 0.653. The summed E-state index contributed by atoms with van der Waals surface area (Å²) in [6.07, 6.45) is 7.58. The van der Waals surface area contributed by atoms with Gasteiger partial charge in [-0.15, -0.1) is 0 Å². The normalized spacial score (nSPS) is 32.0. The van der Waals surface area contributed by atoms with Crippen molar-refractivity contribution in [1.29, 1.82) is 0 Å². The van der Waals surface area contributed by atoms with Crippen LogP contribution in [0.4, 0.5) is 5.82 Å². The van der Waals surface area contributed by atoms with E-state index in [1.165, 1.54) is 25.7 Å². The van der Waals surface area contributed by atoms with E-state index in [1.54, 1.807) is 0 Å². The van der Waals surface area contributed by atoms with E-state index in [9.17, 15) is 0 Å². The number of hydrogen-bond acceptors (Lipinski definition) is 4. The maximum atomic E-state index is 6.08. The molecule has 0 bridgehead atoms. The summed E-state index contributed by atoms with van der Waals surface area (Å²) in [5, 5.41) is 3.90. The fourth-order valence-electron chi connectivity index (χ4n) is 5.67. The number of anilines is 1. The highest BCUT2D eigenvalue weighted by molar-refractivity contribution is 5.81. The molecule has 2 aliphatic carbocycles. The van der Waals surface area contributed by atoms with Crippen molar-refractivity contribution in [2.24, 2.45) is 16.3 Å². The Kier molecular flexibility index (Phi) is 4.46. The van der Waals surface area contributed by atoms with Crippen molar-refractivity contribution in [3.05, 3.63) is 24.4 Å². The average Bonchev–Trinajstić information content (AvgIpc) is 3.10. The van der Waals surface area contributed by atoms with Gasteiger partial charge in [-0.05, 0) is 38.3 Å². The molecule has 2 saturated heterocycles. The number of nitrogens with zero attached hydrogens (tertiary/aromatic N) is 4. The molecule has 2 saturated carbocycles. The third kappa shape index (κ3) is 2.80. The predicted octanol–water partition coefficient (Wildman–Crippen LogP) is 2.13. The summed E-state index contributed by atoms with van der Waals surface area (Å²) in [6, 6.07) is 6.70. The van der Waals surface area contributed by atoms with Crippen LogP contribution in [0.15, 0.2) is 29.4 Å². The number of guanidine groups is 1. The molecule has 2 aliphatic heterocycles. The lowest BCUT2D eigenvalue weighted by atomic mass is 9.46. The summed E-state index contributed by atoms with van der Waals surface area (Å²) in [4.78, 5) is 14.2. The van der Waals surface area contributed by atoms with Crippen LogP contribution < -0.4 is 10.2 Å². The molecule has 3 heterocycles. The van der Waals surface area contributed by atoms with Gasteiger partial charge < -0.3 is 19.9 Å². The summed E-state index contributed by atoms with van der Waals surface area (Å²) >= 11 is 0. The number of aliphatic imine (C=N–C) groups is 1. The van der Waals surface area contributed by atoms with Crippen LogP contribution in [0.1, 0.15) is 32.6 Å². The average molecular weight is 370 g/mol. The molecular weight excluding hydrogens is 338 g/mol. The molecule has 4 fully saturated rings. The number of aromatic nitrogens is 1. The summed E-state index contributed by atoms with van der Waals surface area (Å²) in [5.41, 5.74) is 0.394. The zero-order chi connectivity index (χ0) is 18.3. The van der Waals surface area contributed by atoms with Crippen molar-refractivity contribution in [3.63, 3.8) is 0 Å². The van der Waals surface area contributed by atoms with Gasteiger partial charge in [0.2, 0.25) is 0 Å². The highest BCUT2D eigenvalue weighted by atomic mass is 16.5. The fraction of sp³-hybridized carbons (Fsp3) is 0.714. The summed E-state index contributed by atoms with van der Waals surface area (Å²) in [5.74, 6) is 2.87. The maximum absolute atomic E-state index is 6.08. The fourth-order valence-corrected chi connectivity index (χ4v) is 5.67. The lowest BCUT2D eigenvalue weighted by molar-refractivity contribution is -0.171. The molecule has 1 N–H and O–H groups in total. The number of pyridine rings is 1. The van der Waals surface area contributed by atoms with Gasteiger partial charge >= 0.3 is 0 Å². The molecule has 3 unspecified atom stereocenters. The SMILES string of the molecule is CCN=C(NC1C2CCOC2C12CCC2)N1CCN(c2ccccn2)CC1. The van der Waals surface area contributed by atoms with E-state index in [0.29, 0.717) is 23.5 Å². The zero-order valence-electron chi connectivity index (χ0n) is 16.3. The van der Waals surface area contributed by atoms with Crippen LogP contribution in [0.3, 0.4) is 0 Å². The van der Waals surface area contributed by atoms with Crippen LogP contribution >= 0.6 is 0 Å². The second-order valence-corrected chi connectivity index (χ2v) is 8.41. The van der Waals surface area contributed by atoms with Crippen molar-refractivity contribution in [2.75, 3.05) is 44.2 Å². The van der Waals surface area contributed by atoms with E-state index in [0.717, 1.165) is 51.1 Å². The van der Waals surface area contributed by atoms with Gasteiger partial charge in [-0.25, -0.2) is 4.98 Å². The van der Waals surface area contributed by atoms with E-state index in [-0.39, 0.29) is 0 Å². The van der Waals surface area contributed by atoms with Crippen LogP contribution in [-0.2, 0) is 4.74 Å². The van der Waals surface area contributed by atoms with E-state index in [2.05, 4.69) is 39.2 Å². The number of rotatable bonds is 3. The molecule has 5 rings (SSSR count). The number of hydrogen-bond donors (Lipinski definition) is 1. The van der Waals surface area contributed by atoms with Crippen LogP contribution in [0.5, 0.6) is 0 Å². The second kappa shape index (κ2) is 6.97. The minimum atomic E-state index is 0.394. The first kappa shape index (κ1) is 17.3. The molecule has 0 aromatic carbocycles. The molecule has 146 valence electrons. The van der Waals surface area contributed by atoms with Crippen LogP contribution in [0.2, 0.25) is 0 Å². The monoisotopic (exact) mass is 369 g/mol. The molecule has 1 aromatic rings. The Morgan fingerprint density at radius 3 is 2.81 bits per heavy atom. The topological polar surface area (TPSA) is 53.0 Å². The van der Waals surface area contributed by atoms with Crippen molar-refractivity contribution < 1.29 is 4.74 Å². The smallest absolute Gasteiger partial charge is 0.194 e. The molecule has 6 nitrogen and oxygen atoms in total. The molecule has 27 heavy (non-hydrogen) atoms. The van der Waals surface area contributed by atoms with E-state index in [1.807, 2.05) is 12.3 Å². The first-order chi connectivity index (χ1) is 13.3. The van der Waals surface area contributed by atoms with E-state index >= 15 is 0 Å². The van der Waals surface area contributed by atoms with Gasteiger partial charge in [0.25, 0.3) is 0 Å². The molecular formula is C21H31N5O. The number of ether oxygens (including phenoxy) is 1. The van der Waals surface area contributed by atoms with E-state index < -0.39 is 0 Å². The second-order valence-electron chi connectivity index (χ2n) is 8.41. The standard InChI is InChI=1S/C21H31N5O/c1-2-22-20(24-18-16-7-15-27-19(16)21(18)8-5-9-21)26-13-11-25(12-14-26)17-6-3-4-10-23-17/h3-4,6,10,16,18-19H,2,5,7-9,11-15H2,1H3,(H,22,24). The van der Waals surface area contributed by atoms with Gasteiger partial charge in [-0.2, -0.15) is 0 Å². The lowest BCUT2D eigenvalue weighted by Gasteiger charge is -2.63. The predicted molar refractivity (Wildman–Crippen MR) is 107 cm³/mol. The third-order valence-corrected chi connectivity index (χ3v) is 7.18. The summed E-state index contributed by atoms with van der Waals surface area (Å²) < 4.78 is 6.08. The maximum Gasteiger partial charge on any atom is 0.194 e. The summed E-state index contributed by atoms with van der Waals surface area (Å²) in [6.45, 7) is 7.87. The lowest BCUT2D eigenvalue weighted by Crippen LogP contribution is -2.73. The Hall–Kier alpha value is -1.82. The highest BCUT2D eigenvalue weighted by Crippen LogP contribution is 2.62. The van der Waals surface area contributed by atoms with Crippen molar-refractivity contribution in [3.8, 4) is 0 Å². The van der Waals surface area contributed by atoms with Crippen LogP contribution in [0.25, 0.3) is 0 Å². The van der Waals surface area contributed by atoms with Gasteiger partial charge in [-0.3, -0.25) is 4.99 Å². The third-order valence-electron chi connectivity index (χ3n) is 7.18. The first-order valence-corrected chi connectivity index (χ1v) is 10.7. The Morgan fingerprint density at radius 1 is 1.30 bits per heavy atom. The number of fused-ring (bicyclic) bond motifs is 2. The van der Waals surface area contributed by atoms with Crippen molar-refractivity contribution in [1.82, 2.24) is 15.2 Å². The van der Waals surface area contributed by atoms with Gasteiger partial charge in [0, 0.05) is 62.9 Å². The zero-order valence-corrected chi connectivity index (χ0v) is 16.3. The minimum Gasteiger partial charge on any atom is -0.377 e. The number of nitrogens with one attached hydrogen (secondary N) is 1. The molecule has 1 spiro atoms. The largest absolute Gasteiger partial charge is 0.377 e. The van der Waals surface area contributed by atoms with Crippen molar-refractivity contribution >= 4 is 11.8 Å². The van der Waals surface area contributed by atoms with Crippen LogP contribution in [-0.4, -0.2) is 67.3 Å². The van der Waals surface area contributed by atoms with Crippen LogP contribution in [0, 0.1) is 11.3 Å². The Morgan fingerprint density at radius 2 is 2.15 bits per heavy atom. The summed E-state index contributed by atoms with van der Waals surface area (Å²) in [7, 11) is 0. The minimum absolute atomic E-state index is 0.394. The Bertz CT molecular complexity index is 681. The molecule has 0 radical (unpaired) electrons. The molecule has 4 aliphatic rings. The van der Waals surface area contributed by atoms with Gasteiger partial charge in [0.1, 0.15) is 5.82 Å². The Balaban J connectivity index is 1.25. The van der Waals surface area contributed by atoms with Gasteiger partial charge in [-0.1, -0.05) is 12.5 Å². The Labute approximate surface area is 162 Å². The molecule has 0 amide bonds. The van der Waals surface area contributed by atoms with Crippen molar-refractivity contribution in [2.45, 2.75) is 44.8 Å². The van der Waals surface area contributed by atoms with Gasteiger partial charge in [0.15, 0.2) is 5.96 Å². The number of piperazine rings is 1. The molecule has 3 atom stereocenters.